The number of rotatable bonds is 1. The van der Waals surface area contributed by atoms with Crippen LogP contribution in [0, 0.1) is 0 Å². The molecule has 15 heavy (non-hydrogen) atoms. The summed E-state index contributed by atoms with van der Waals surface area (Å²) in [5, 5.41) is 3.76. The summed E-state index contributed by atoms with van der Waals surface area (Å²) in [6.45, 7) is 0. The molecule has 72 valence electrons. The Morgan fingerprint density at radius 1 is 1.00 bits per heavy atom. The average molecular weight is 203 g/mol. The number of fused-ring (bicyclic) bond motifs is 1. The minimum Gasteiger partial charge on any atom is -0.233 e. The summed E-state index contributed by atoms with van der Waals surface area (Å²) in [5.74, 6) is 0. The lowest BCUT2D eigenvalue weighted by atomic mass is 10.2. The van der Waals surface area contributed by atoms with E-state index in [0.29, 0.717) is 0 Å². The molecule has 1 aromatic heterocycles. The first-order valence-electron chi connectivity index (χ1n) is 8.70. The third-order valence-corrected chi connectivity index (χ3v) is 1.90. The number of para-hydroxylation sites is 2. The molecular weight excluding hydrogens is 184 g/mol. The van der Waals surface area contributed by atoms with E-state index in [1.165, 1.54) is 0 Å². The van der Waals surface area contributed by atoms with Crippen molar-refractivity contribution in [3.05, 3.63) is 60.6 Å². The Balaban J connectivity index is 2.50. The Labute approximate surface area is 100 Å². The van der Waals surface area contributed by atoms with Crippen LogP contribution in [-0.2, 0) is 0 Å². The maximum absolute atomic E-state index is 8.02. The first kappa shape index (κ1) is 3.20. The second-order valence-corrected chi connectivity index (χ2v) is 2.80. The molecule has 0 amide bonds. The van der Waals surface area contributed by atoms with Crippen molar-refractivity contribution in [2.75, 3.05) is 0 Å². The van der Waals surface area contributed by atoms with Crippen molar-refractivity contribution in [1.29, 1.82) is 0 Å². The van der Waals surface area contributed by atoms with Crippen molar-refractivity contribution < 1.29 is 12.3 Å². The van der Waals surface area contributed by atoms with Crippen LogP contribution in [-0.4, -0.2) is 9.78 Å². The van der Waals surface area contributed by atoms with Crippen molar-refractivity contribution >= 4 is 10.9 Å². The van der Waals surface area contributed by atoms with Gasteiger partial charge in [0.15, 0.2) is 0 Å². The zero-order chi connectivity index (χ0) is 17.9. The van der Waals surface area contributed by atoms with Crippen LogP contribution in [0.25, 0.3) is 16.6 Å². The number of nitrogens with zero attached hydrogens (tertiary/aromatic N) is 2. The van der Waals surface area contributed by atoms with E-state index in [9.17, 15) is 0 Å². The monoisotopic (exact) mass is 203 g/mol. The molecule has 2 nitrogen and oxygen atoms in total. The molecule has 0 aliphatic heterocycles. The summed E-state index contributed by atoms with van der Waals surface area (Å²) in [6.07, 6.45) is -0.399. The molecule has 0 aliphatic rings. The van der Waals surface area contributed by atoms with E-state index in [1.807, 2.05) is 0 Å². The number of benzene rings is 2. The van der Waals surface area contributed by atoms with Crippen LogP contribution < -0.4 is 0 Å². The minimum absolute atomic E-state index is 0.0884. The molecule has 0 saturated heterocycles. The van der Waals surface area contributed by atoms with Gasteiger partial charge in [0.25, 0.3) is 0 Å². The van der Waals surface area contributed by atoms with Crippen LogP contribution in [0.4, 0.5) is 0 Å². The Bertz CT molecular complexity index is 1010. The molecule has 0 saturated carbocycles. The van der Waals surface area contributed by atoms with Crippen LogP contribution in [0.2, 0.25) is 0 Å². The molecule has 0 bridgehead atoms. The normalized spacial score (nSPS) is 19.1. The molecule has 0 fully saturated rings. The fourth-order valence-corrected chi connectivity index (χ4v) is 1.26. The maximum atomic E-state index is 8.02. The number of hydrogen-bond donors (Lipinski definition) is 0. The standard InChI is InChI=1S/C13H10N2/c1-2-7-12(8-3-1)15-13-9-5-4-6-11(13)10-14-15/h1-10H/i1D,2D,3D,4D,5D,6D,7D,9D,10D. The Morgan fingerprint density at radius 3 is 2.87 bits per heavy atom. The van der Waals surface area contributed by atoms with Gasteiger partial charge in [-0.15, -0.1) is 0 Å². The summed E-state index contributed by atoms with van der Waals surface area (Å²) in [7, 11) is 0. The topological polar surface area (TPSA) is 17.8 Å². The van der Waals surface area contributed by atoms with Gasteiger partial charge >= 0.3 is 0 Å². The van der Waals surface area contributed by atoms with E-state index in [0.717, 1.165) is 10.7 Å². The van der Waals surface area contributed by atoms with Gasteiger partial charge in [0.2, 0.25) is 0 Å². The Morgan fingerprint density at radius 2 is 1.87 bits per heavy atom. The van der Waals surface area contributed by atoms with Crippen LogP contribution in [0.3, 0.4) is 0 Å². The quantitative estimate of drug-likeness (QED) is 0.594. The lowest BCUT2D eigenvalue weighted by Gasteiger charge is -2.01. The lowest BCUT2D eigenvalue weighted by molar-refractivity contribution is 0.911. The summed E-state index contributed by atoms with van der Waals surface area (Å²) in [6, 6.07) is -2.36. The number of hydrogen-bond acceptors (Lipinski definition) is 1. The van der Waals surface area contributed by atoms with Crippen molar-refractivity contribution in [3.8, 4) is 5.69 Å². The predicted octanol–water partition coefficient (Wildman–Crippen LogP) is 3.03. The van der Waals surface area contributed by atoms with Crippen LogP contribution in [0.1, 0.15) is 12.3 Å². The maximum Gasteiger partial charge on any atom is 0.0867 e. The highest BCUT2D eigenvalue weighted by molar-refractivity contribution is 5.79. The van der Waals surface area contributed by atoms with Gasteiger partial charge in [-0.25, -0.2) is 4.68 Å². The van der Waals surface area contributed by atoms with E-state index in [4.69, 9.17) is 12.3 Å². The van der Waals surface area contributed by atoms with Gasteiger partial charge < -0.3 is 0 Å². The molecule has 1 heterocycles. The van der Waals surface area contributed by atoms with Crippen molar-refractivity contribution in [1.82, 2.24) is 9.78 Å². The van der Waals surface area contributed by atoms with Crippen molar-refractivity contribution in [2.24, 2.45) is 0 Å². The molecule has 2 aromatic carbocycles. The van der Waals surface area contributed by atoms with Gasteiger partial charge in [-0.3, -0.25) is 0 Å². The van der Waals surface area contributed by atoms with Crippen LogP contribution >= 0.6 is 0 Å². The highest BCUT2D eigenvalue weighted by Gasteiger charge is 2.02. The second-order valence-electron chi connectivity index (χ2n) is 2.80. The van der Waals surface area contributed by atoms with Gasteiger partial charge in [0.1, 0.15) is 0 Å². The second kappa shape index (κ2) is 3.24. The minimum atomic E-state index is -0.505. The SMILES string of the molecule is [2H]c1cc(-n2nc([2H])c3c([2H])c([2H])c([2H])c([2H])c32)c([2H])c([2H])c1[2H]. The number of aromatic nitrogens is 2. The van der Waals surface area contributed by atoms with E-state index in [2.05, 4.69) is 5.10 Å². The van der Waals surface area contributed by atoms with E-state index < -0.39 is 48.5 Å². The van der Waals surface area contributed by atoms with E-state index in [1.54, 1.807) is 0 Å². The zero-order valence-electron chi connectivity index (χ0n) is 16.5. The fraction of sp³-hybridized carbons (Fsp3) is 0. The molecule has 0 N–H and O–H groups in total. The molecular formula is C13H10N2. The van der Waals surface area contributed by atoms with Gasteiger partial charge in [0.05, 0.1) is 29.7 Å². The van der Waals surface area contributed by atoms with E-state index >= 15 is 0 Å². The van der Waals surface area contributed by atoms with Crippen molar-refractivity contribution in [3.63, 3.8) is 0 Å². The third kappa shape index (κ3) is 1.31. The molecule has 0 atom stereocenters. The summed E-state index contributed by atoms with van der Waals surface area (Å²) in [5.41, 5.74) is -0.189. The highest BCUT2D eigenvalue weighted by atomic mass is 15.3. The smallest absolute Gasteiger partial charge is 0.0867 e. The highest BCUT2D eigenvalue weighted by Crippen LogP contribution is 2.17. The average Bonchev–Trinajstić information content (AvgIpc) is 2.89. The van der Waals surface area contributed by atoms with Gasteiger partial charge in [-0.2, -0.15) is 5.10 Å². The van der Waals surface area contributed by atoms with E-state index in [-0.39, 0.29) is 22.6 Å². The predicted molar refractivity (Wildman–Crippen MR) is 61.1 cm³/mol. The molecule has 0 radical (unpaired) electrons. The largest absolute Gasteiger partial charge is 0.233 e. The first-order valence-corrected chi connectivity index (χ1v) is 4.20. The molecule has 3 rings (SSSR count). The van der Waals surface area contributed by atoms with Gasteiger partial charge in [0, 0.05) is 5.39 Å². The van der Waals surface area contributed by atoms with Crippen LogP contribution in [0.5, 0.6) is 0 Å². The molecule has 0 spiro atoms. The Hall–Kier alpha value is -2.09. The lowest BCUT2D eigenvalue weighted by Crippen LogP contribution is -1.94. The van der Waals surface area contributed by atoms with Gasteiger partial charge in [-0.05, 0) is 18.2 Å². The Kier molecular flexibility index (Phi) is 0.692. The molecule has 3 aromatic rings. The summed E-state index contributed by atoms with van der Waals surface area (Å²) in [4.78, 5) is 0. The van der Waals surface area contributed by atoms with Crippen molar-refractivity contribution in [2.45, 2.75) is 0 Å². The molecule has 0 unspecified atom stereocenters. The fourth-order valence-electron chi connectivity index (χ4n) is 1.26. The molecule has 0 aliphatic carbocycles. The third-order valence-electron chi connectivity index (χ3n) is 1.90. The summed E-state index contributed by atoms with van der Waals surface area (Å²) < 4.78 is 71.2. The first-order chi connectivity index (χ1) is 11.2. The van der Waals surface area contributed by atoms with Gasteiger partial charge in [-0.1, -0.05) is 36.3 Å². The molecule has 2 heteroatoms. The summed E-state index contributed by atoms with van der Waals surface area (Å²) >= 11 is 0. The van der Waals surface area contributed by atoms with Crippen LogP contribution in [0.15, 0.2) is 60.6 Å². The zero-order valence-corrected chi connectivity index (χ0v) is 7.47.